The van der Waals surface area contributed by atoms with Gasteiger partial charge in [-0.05, 0) is 18.6 Å². The summed E-state index contributed by atoms with van der Waals surface area (Å²) in [6.07, 6.45) is 1.18. The molecule has 0 N–H and O–H groups in total. The van der Waals surface area contributed by atoms with E-state index in [4.69, 9.17) is 0 Å². The zero-order chi connectivity index (χ0) is 15.9. The zero-order valence-electron chi connectivity index (χ0n) is 14.1. The van der Waals surface area contributed by atoms with Crippen LogP contribution in [0.4, 0.5) is 0 Å². The molecule has 2 aromatic carbocycles. The molecule has 0 spiro atoms. The Labute approximate surface area is 138 Å². The summed E-state index contributed by atoms with van der Waals surface area (Å²) in [5, 5.41) is 1.45. The number of hydrogen-bond donors (Lipinski definition) is 0. The Morgan fingerprint density at radius 1 is 1.00 bits per heavy atom. The van der Waals surface area contributed by atoms with Crippen LogP contribution in [0.2, 0.25) is 0 Å². The van der Waals surface area contributed by atoms with E-state index < -0.39 is 0 Å². The van der Waals surface area contributed by atoms with E-state index in [2.05, 4.69) is 73.1 Å². The summed E-state index contributed by atoms with van der Waals surface area (Å²) in [5.41, 5.74) is 5.91. The molecule has 0 radical (unpaired) electrons. The fourth-order valence-corrected chi connectivity index (χ4v) is 3.94. The van der Waals surface area contributed by atoms with Gasteiger partial charge in [-0.25, -0.2) is 0 Å². The van der Waals surface area contributed by atoms with Gasteiger partial charge in [-0.2, -0.15) is 0 Å². The Morgan fingerprint density at radius 3 is 2.52 bits per heavy atom. The number of nitrogens with zero attached hydrogens (tertiary/aromatic N) is 2. The number of fused-ring (bicyclic) bond motifs is 3. The van der Waals surface area contributed by atoms with E-state index in [1.54, 1.807) is 11.3 Å². The van der Waals surface area contributed by atoms with Gasteiger partial charge in [0.05, 0.1) is 20.1 Å². The minimum absolute atomic E-state index is 0.979. The molecule has 0 bridgehead atoms. The second-order valence-corrected chi connectivity index (χ2v) is 7.08. The number of hydrogen-bond acceptors (Lipinski definition) is 0. The summed E-state index contributed by atoms with van der Waals surface area (Å²) in [4.78, 5) is 0. The lowest BCUT2D eigenvalue weighted by atomic mass is 10.0. The van der Waals surface area contributed by atoms with E-state index in [1.807, 2.05) is 0 Å². The van der Waals surface area contributed by atoms with Gasteiger partial charge in [-0.1, -0.05) is 48.5 Å². The molecule has 2 heterocycles. The summed E-state index contributed by atoms with van der Waals surface area (Å²) in [7, 11) is 2.40. The molecule has 0 unspecified atom stereocenters. The predicted octanol–water partition coefficient (Wildman–Crippen LogP) is 4.21. The monoisotopic (exact) mass is 305 g/mol. The molecule has 0 fully saturated rings. The highest BCUT2D eigenvalue weighted by molar-refractivity contribution is 5.85. The first-order valence-corrected chi connectivity index (χ1v) is 8.67. The van der Waals surface area contributed by atoms with Crippen LogP contribution in [0.3, 0.4) is 0 Å². The highest BCUT2D eigenvalue weighted by atomic mass is 15.3. The van der Waals surface area contributed by atoms with Gasteiger partial charge in [0.2, 0.25) is 0 Å². The van der Waals surface area contributed by atoms with Crippen molar-refractivity contribution >= 4 is 10.9 Å². The number of benzene rings is 2. The highest BCUT2D eigenvalue weighted by Crippen LogP contribution is 2.33. The maximum Gasteiger partial charge on any atom is 0.107 e. The van der Waals surface area contributed by atoms with Crippen LogP contribution in [0.5, 0.6) is 0 Å². The van der Waals surface area contributed by atoms with Crippen molar-refractivity contribution in [1.82, 2.24) is 4.57 Å². The van der Waals surface area contributed by atoms with E-state index in [1.165, 1.54) is 36.0 Å². The Morgan fingerprint density at radius 2 is 1.74 bits per heavy atom. The molecule has 0 saturated heterocycles. The smallest absolute Gasteiger partial charge is 0.107 e. The normalized spacial score (nSPS) is 20.6. The number of rotatable bonds is 3. The first-order valence-electron chi connectivity index (χ1n) is 8.67. The van der Waals surface area contributed by atoms with E-state index >= 15 is 0 Å². The van der Waals surface area contributed by atoms with Gasteiger partial charge in [0.1, 0.15) is 6.54 Å². The van der Waals surface area contributed by atoms with Crippen LogP contribution in [0.25, 0.3) is 10.9 Å². The Balaban J connectivity index is 1.86. The molecule has 4 rings (SSSR count). The summed E-state index contributed by atoms with van der Waals surface area (Å²) < 4.78 is 3.71. The van der Waals surface area contributed by atoms with Crippen LogP contribution in [0.15, 0.2) is 54.6 Å². The van der Waals surface area contributed by atoms with Crippen LogP contribution in [-0.4, -0.2) is 29.2 Å². The van der Waals surface area contributed by atoms with Gasteiger partial charge in [-0.15, -0.1) is 0 Å². The summed E-state index contributed by atoms with van der Waals surface area (Å²) in [6, 6.07) is 19.8. The number of quaternary nitrogens is 1. The number of likely N-dealkylation sites (N-methyl/N-ethyl adjacent to an activating group) is 1. The molecular formula is C21H25N2+. The average molecular weight is 305 g/mol. The second kappa shape index (κ2) is 5.54. The molecule has 0 saturated carbocycles. The highest BCUT2D eigenvalue weighted by Gasteiger charge is 2.31. The standard InChI is InChI=1S/C21H25N2/c1-3-23(2)14-13-21-19(16-23)18-11-7-8-12-20(18)22(21)15-17-9-5-4-6-10-17/h4-12H,3,13-16H2,1-2H3/q+1/t23-/m0/s1. The third-order valence-corrected chi connectivity index (χ3v) is 5.57. The quantitative estimate of drug-likeness (QED) is 0.639. The van der Waals surface area contributed by atoms with Crippen molar-refractivity contribution in [2.45, 2.75) is 26.4 Å². The SMILES string of the molecule is CC[N@@+]1(C)CCc2c(c3ccccc3n2Cc2ccccc2)C1. The summed E-state index contributed by atoms with van der Waals surface area (Å²) in [5.74, 6) is 0. The molecule has 1 aliphatic heterocycles. The number of aromatic nitrogens is 1. The van der Waals surface area contributed by atoms with Gasteiger partial charge in [0, 0.05) is 35.1 Å². The van der Waals surface area contributed by atoms with Crippen molar-refractivity contribution in [2.75, 3.05) is 20.1 Å². The van der Waals surface area contributed by atoms with E-state index in [9.17, 15) is 0 Å². The third kappa shape index (κ3) is 2.47. The van der Waals surface area contributed by atoms with Crippen molar-refractivity contribution in [3.05, 3.63) is 71.4 Å². The molecule has 1 aromatic heterocycles. The van der Waals surface area contributed by atoms with E-state index in [0.29, 0.717) is 0 Å². The van der Waals surface area contributed by atoms with Gasteiger partial charge < -0.3 is 9.05 Å². The molecule has 0 aliphatic carbocycles. The van der Waals surface area contributed by atoms with Crippen LogP contribution in [0.1, 0.15) is 23.7 Å². The topological polar surface area (TPSA) is 4.93 Å². The first kappa shape index (κ1) is 14.5. The fraction of sp³-hybridized carbons (Fsp3) is 0.333. The molecule has 1 atom stereocenters. The second-order valence-electron chi connectivity index (χ2n) is 7.08. The van der Waals surface area contributed by atoms with Crippen molar-refractivity contribution in [2.24, 2.45) is 0 Å². The maximum atomic E-state index is 2.55. The predicted molar refractivity (Wildman–Crippen MR) is 96.5 cm³/mol. The first-order chi connectivity index (χ1) is 11.2. The van der Waals surface area contributed by atoms with Gasteiger partial charge >= 0.3 is 0 Å². The fourth-order valence-electron chi connectivity index (χ4n) is 3.94. The Bertz CT molecular complexity index is 832. The van der Waals surface area contributed by atoms with E-state index in [-0.39, 0.29) is 0 Å². The van der Waals surface area contributed by atoms with Gasteiger partial charge in [0.15, 0.2) is 0 Å². The molecule has 118 valence electrons. The molecule has 0 amide bonds. The van der Waals surface area contributed by atoms with Crippen molar-refractivity contribution in [1.29, 1.82) is 0 Å². The van der Waals surface area contributed by atoms with Crippen molar-refractivity contribution in [3.8, 4) is 0 Å². The zero-order valence-corrected chi connectivity index (χ0v) is 14.1. The van der Waals surface area contributed by atoms with Gasteiger partial charge in [0.25, 0.3) is 0 Å². The lowest BCUT2D eigenvalue weighted by Gasteiger charge is -2.37. The Hall–Kier alpha value is -2.06. The Kier molecular flexibility index (Phi) is 3.50. The molecule has 2 nitrogen and oxygen atoms in total. The maximum absolute atomic E-state index is 2.55. The molecule has 3 aromatic rings. The van der Waals surface area contributed by atoms with Gasteiger partial charge in [-0.3, -0.25) is 0 Å². The molecule has 23 heavy (non-hydrogen) atoms. The van der Waals surface area contributed by atoms with Crippen molar-refractivity contribution < 1.29 is 4.48 Å². The van der Waals surface area contributed by atoms with E-state index in [0.717, 1.165) is 17.6 Å². The van der Waals surface area contributed by atoms with Crippen LogP contribution in [-0.2, 0) is 19.5 Å². The largest absolute Gasteiger partial charge is 0.339 e. The van der Waals surface area contributed by atoms with Crippen LogP contribution >= 0.6 is 0 Å². The average Bonchev–Trinajstić information content (AvgIpc) is 2.89. The summed E-state index contributed by atoms with van der Waals surface area (Å²) in [6.45, 7) is 6.90. The molecule has 1 aliphatic rings. The van der Waals surface area contributed by atoms with Crippen LogP contribution in [0, 0.1) is 0 Å². The minimum atomic E-state index is 0.979. The third-order valence-electron chi connectivity index (χ3n) is 5.57. The minimum Gasteiger partial charge on any atom is -0.339 e. The number of para-hydroxylation sites is 1. The van der Waals surface area contributed by atoms with Crippen LogP contribution < -0.4 is 0 Å². The van der Waals surface area contributed by atoms with Crippen molar-refractivity contribution in [3.63, 3.8) is 0 Å². The lowest BCUT2D eigenvalue weighted by Crippen LogP contribution is -2.47. The lowest BCUT2D eigenvalue weighted by molar-refractivity contribution is -0.922. The molecule has 2 heteroatoms. The summed E-state index contributed by atoms with van der Waals surface area (Å²) >= 11 is 0. The molecular weight excluding hydrogens is 280 g/mol.